The zero-order chi connectivity index (χ0) is 30.2. The highest BCUT2D eigenvalue weighted by Gasteiger charge is 2.17. The van der Waals surface area contributed by atoms with Gasteiger partial charge in [0.15, 0.2) is 17.5 Å². The zero-order valence-corrected chi connectivity index (χ0v) is 23.9. The first kappa shape index (κ1) is 26.2. The van der Waals surface area contributed by atoms with E-state index >= 15 is 0 Å². The number of fused-ring (bicyclic) bond motifs is 3. The Morgan fingerprint density at radius 2 is 1.18 bits per heavy atom. The van der Waals surface area contributed by atoms with Crippen LogP contribution in [0.1, 0.15) is 5.56 Å². The molecule has 5 aromatic carbocycles. The van der Waals surface area contributed by atoms with Gasteiger partial charge in [-0.05, 0) is 53.1 Å². The SMILES string of the molecule is N#Cc1ccc(-c2ccc(-c3nc(-c4ccccc4)nc(-c4ccc5c(c4)oc4cccc(-c6ccccc6)c45)n3)nc2)cc1. The fourth-order valence-electron chi connectivity index (χ4n) is 5.59. The molecule has 45 heavy (non-hydrogen) atoms. The van der Waals surface area contributed by atoms with Gasteiger partial charge >= 0.3 is 0 Å². The normalized spacial score (nSPS) is 11.1. The first-order valence-electron chi connectivity index (χ1n) is 14.5. The van der Waals surface area contributed by atoms with E-state index in [1.165, 1.54) is 0 Å². The zero-order valence-electron chi connectivity index (χ0n) is 23.9. The summed E-state index contributed by atoms with van der Waals surface area (Å²) >= 11 is 0. The Morgan fingerprint density at radius 3 is 1.89 bits per heavy atom. The van der Waals surface area contributed by atoms with E-state index in [1.54, 1.807) is 18.3 Å². The van der Waals surface area contributed by atoms with Gasteiger partial charge in [-0.25, -0.2) is 15.0 Å². The Balaban J connectivity index is 1.23. The van der Waals surface area contributed by atoms with Gasteiger partial charge < -0.3 is 4.42 Å². The van der Waals surface area contributed by atoms with E-state index in [1.807, 2.05) is 97.1 Å². The Morgan fingerprint density at radius 1 is 0.511 bits per heavy atom. The molecule has 0 aliphatic carbocycles. The maximum absolute atomic E-state index is 9.12. The average molecular weight is 578 g/mol. The van der Waals surface area contributed by atoms with Crippen LogP contribution in [0.5, 0.6) is 0 Å². The van der Waals surface area contributed by atoms with Crippen molar-refractivity contribution in [3.63, 3.8) is 0 Å². The highest BCUT2D eigenvalue weighted by molar-refractivity contribution is 6.12. The first-order chi connectivity index (χ1) is 22.2. The Labute approximate surface area is 259 Å². The van der Waals surface area contributed by atoms with Gasteiger partial charge in [-0.3, -0.25) is 4.98 Å². The summed E-state index contributed by atoms with van der Waals surface area (Å²) in [5.41, 5.74) is 8.72. The lowest BCUT2D eigenvalue weighted by molar-refractivity contribution is 0.669. The van der Waals surface area contributed by atoms with E-state index in [-0.39, 0.29) is 0 Å². The lowest BCUT2D eigenvalue weighted by Gasteiger charge is -2.09. The van der Waals surface area contributed by atoms with Gasteiger partial charge in [0.1, 0.15) is 16.9 Å². The molecule has 0 radical (unpaired) electrons. The number of nitriles is 1. The molecule has 6 nitrogen and oxygen atoms in total. The number of pyridine rings is 1. The van der Waals surface area contributed by atoms with Crippen LogP contribution in [0.15, 0.2) is 144 Å². The van der Waals surface area contributed by atoms with E-state index in [2.05, 4.69) is 30.3 Å². The number of nitrogens with zero attached hydrogens (tertiary/aromatic N) is 5. The van der Waals surface area contributed by atoms with Crippen LogP contribution in [-0.4, -0.2) is 19.9 Å². The molecular formula is C39H23N5O. The molecule has 0 fully saturated rings. The molecule has 0 aliphatic rings. The summed E-state index contributed by atoms with van der Waals surface area (Å²) in [7, 11) is 0. The molecule has 0 N–H and O–H groups in total. The lowest BCUT2D eigenvalue weighted by atomic mass is 9.99. The van der Waals surface area contributed by atoms with Crippen molar-refractivity contribution in [2.45, 2.75) is 0 Å². The van der Waals surface area contributed by atoms with Crippen LogP contribution in [0.3, 0.4) is 0 Å². The third-order valence-electron chi connectivity index (χ3n) is 7.85. The molecule has 0 spiro atoms. The monoisotopic (exact) mass is 577 g/mol. The van der Waals surface area contributed by atoms with Crippen molar-refractivity contribution in [3.8, 4) is 62.6 Å². The second-order valence-electron chi connectivity index (χ2n) is 10.7. The minimum absolute atomic E-state index is 0.473. The largest absolute Gasteiger partial charge is 0.456 e. The smallest absolute Gasteiger partial charge is 0.182 e. The van der Waals surface area contributed by atoms with Crippen molar-refractivity contribution >= 4 is 21.9 Å². The van der Waals surface area contributed by atoms with Crippen molar-refractivity contribution in [3.05, 3.63) is 145 Å². The van der Waals surface area contributed by atoms with Crippen LogP contribution >= 0.6 is 0 Å². The number of hydrogen-bond acceptors (Lipinski definition) is 6. The fraction of sp³-hybridized carbons (Fsp3) is 0. The van der Waals surface area contributed by atoms with Crippen molar-refractivity contribution in [1.82, 2.24) is 19.9 Å². The van der Waals surface area contributed by atoms with E-state index < -0.39 is 0 Å². The summed E-state index contributed by atoms with van der Waals surface area (Å²) in [5.74, 6) is 1.56. The average Bonchev–Trinajstić information content (AvgIpc) is 3.50. The predicted molar refractivity (Wildman–Crippen MR) is 177 cm³/mol. The molecule has 0 saturated carbocycles. The topological polar surface area (TPSA) is 88.5 Å². The number of benzene rings is 5. The third-order valence-corrected chi connectivity index (χ3v) is 7.85. The van der Waals surface area contributed by atoms with Gasteiger partial charge in [0.05, 0.1) is 11.6 Å². The van der Waals surface area contributed by atoms with Crippen LogP contribution in [0.25, 0.3) is 78.5 Å². The number of hydrogen-bond donors (Lipinski definition) is 0. The van der Waals surface area contributed by atoms with Crippen LogP contribution in [0.4, 0.5) is 0 Å². The molecule has 8 rings (SSSR count). The Kier molecular flexibility index (Phi) is 6.40. The molecule has 3 heterocycles. The standard InChI is InChI=1S/C39H23N5O/c40-23-25-14-16-26(17-15-25)30-19-21-33(41-24-30)39-43-37(28-10-5-2-6-11-28)42-38(44-39)29-18-20-32-35(22-29)45-34-13-7-12-31(36(32)34)27-8-3-1-4-9-27/h1-22,24H. The van der Waals surface area contributed by atoms with Crippen molar-refractivity contribution in [2.24, 2.45) is 0 Å². The van der Waals surface area contributed by atoms with Crippen molar-refractivity contribution in [1.29, 1.82) is 5.26 Å². The van der Waals surface area contributed by atoms with Crippen LogP contribution in [0, 0.1) is 11.3 Å². The second-order valence-corrected chi connectivity index (χ2v) is 10.7. The van der Waals surface area contributed by atoms with Crippen LogP contribution < -0.4 is 0 Å². The van der Waals surface area contributed by atoms with Gasteiger partial charge in [-0.1, -0.05) is 97.1 Å². The second kappa shape index (κ2) is 11.0. The van der Waals surface area contributed by atoms with Crippen LogP contribution in [-0.2, 0) is 0 Å². The molecule has 0 bridgehead atoms. The summed E-state index contributed by atoms with van der Waals surface area (Å²) in [4.78, 5) is 19.3. The summed E-state index contributed by atoms with van der Waals surface area (Å²) in [6.45, 7) is 0. The van der Waals surface area contributed by atoms with Gasteiger partial charge in [0.25, 0.3) is 0 Å². The summed E-state index contributed by atoms with van der Waals surface area (Å²) in [6, 6.07) is 46.0. The highest BCUT2D eigenvalue weighted by Crippen LogP contribution is 2.38. The Bertz CT molecular complexity index is 2360. The summed E-state index contributed by atoms with van der Waals surface area (Å²) in [5, 5.41) is 11.2. The van der Waals surface area contributed by atoms with Gasteiger partial charge in [0.2, 0.25) is 0 Å². The molecule has 0 amide bonds. The van der Waals surface area contributed by atoms with E-state index in [9.17, 15) is 0 Å². The molecule has 0 saturated heterocycles. The first-order valence-corrected chi connectivity index (χ1v) is 14.5. The van der Waals surface area contributed by atoms with Gasteiger partial charge in [0, 0.05) is 33.7 Å². The van der Waals surface area contributed by atoms with Gasteiger partial charge in [-0.2, -0.15) is 5.26 Å². The molecule has 0 unspecified atom stereocenters. The van der Waals surface area contributed by atoms with E-state index in [4.69, 9.17) is 29.6 Å². The van der Waals surface area contributed by atoms with Crippen molar-refractivity contribution in [2.75, 3.05) is 0 Å². The summed E-state index contributed by atoms with van der Waals surface area (Å²) in [6.07, 6.45) is 1.80. The van der Waals surface area contributed by atoms with E-state index in [0.29, 0.717) is 28.7 Å². The molecule has 8 aromatic rings. The number of rotatable bonds is 5. The van der Waals surface area contributed by atoms with Crippen LogP contribution in [0.2, 0.25) is 0 Å². The van der Waals surface area contributed by atoms with E-state index in [0.717, 1.165) is 55.3 Å². The predicted octanol–water partition coefficient (Wildman–Crippen LogP) is 9.37. The third kappa shape index (κ3) is 4.89. The van der Waals surface area contributed by atoms with Gasteiger partial charge in [-0.15, -0.1) is 0 Å². The molecule has 0 aliphatic heterocycles. The minimum Gasteiger partial charge on any atom is -0.456 e. The maximum Gasteiger partial charge on any atom is 0.182 e. The lowest BCUT2D eigenvalue weighted by Crippen LogP contribution is -2.01. The molecule has 0 atom stereocenters. The quantitative estimate of drug-likeness (QED) is 0.202. The molecular weight excluding hydrogens is 554 g/mol. The Hall–Kier alpha value is -6.45. The fourth-order valence-corrected chi connectivity index (χ4v) is 5.59. The minimum atomic E-state index is 0.473. The molecule has 3 aromatic heterocycles. The number of aromatic nitrogens is 4. The molecule has 6 heteroatoms. The maximum atomic E-state index is 9.12. The highest BCUT2D eigenvalue weighted by atomic mass is 16.3. The number of furan rings is 1. The van der Waals surface area contributed by atoms with Crippen molar-refractivity contribution < 1.29 is 4.42 Å². The molecule has 210 valence electrons. The summed E-state index contributed by atoms with van der Waals surface area (Å²) < 4.78 is 6.37.